The molecule has 0 fully saturated rings. The van der Waals surface area contributed by atoms with Crippen LogP contribution in [-0.4, -0.2) is 13.2 Å². The molecule has 0 spiro atoms. The zero-order valence-electron chi connectivity index (χ0n) is 11.7. The molecule has 21 heavy (non-hydrogen) atoms. The molecule has 0 bridgehead atoms. The number of hydrogen-bond donors (Lipinski definition) is 0. The highest BCUT2D eigenvalue weighted by atomic mass is 32.2. The van der Waals surface area contributed by atoms with Crippen molar-refractivity contribution in [3.63, 3.8) is 0 Å². The molecule has 0 radical (unpaired) electrons. The summed E-state index contributed by atoms with van der Waals surface area (Å²) in [7, 11) is -1.35. The van der Waals surface area contributed by atoms with Crippen LogP contribution >= 0.6 is 0 Å². The van der Waals surface area contributed by atoms with Gasteiger partial charge in [-0.1, -0.05) is 17.7 Å². The number of fused-ring (bicyclic) bond motifs is 1. The van der Waals surface area contributed by atoms with E-state index in [0.717, 1.165) is 21.4 Å². The minimum atomic E-state index is -1.35. The third kappa shape index (κ3) is 2.34. The number of benzene rings is 1. The quantitative estimate of drug-likeness (QED) is 0.730. The van der Waals surface area contributed by atoms with Gasteiger partial charge in [-0.3, -0.25) is 0 Å². The first-order valence-electron chi connectivity index (χ1n) is 6.47. The molecule has 0 aliphatic heterocycles. The van der Waals surface area contributed by atoms with Gasteiger partial charge in [-0.2, -0.15) is 5.26 Å². The number of aromatic nitrogens is 2. The van der Waals surface area contributed by atoms with Gasteiger partial charge in [-0.15, -0.1) is 0 Å². The molecule has 2 aromatic heterocycles. The van der Waals surface area contributed by atoms with E-state index in [1.54, 1.807) is 10.0 Å². The summed E-state index contributed by atoms with van der Waals surface area (Å²) in [6.07, 6.45) is 3.32. The van der Waals surface area contributed by atoms with Crippen LogP contribution in [0.4, 0.5) is 0 Å². The van der Waals surface area contributed by atoms with Gasteiger partial charge in [-0.25, -0.2) is 13.2 Å². The van der Waals surface area contributed by atoms with Crippen LogP contribution in [0.15, 0.2) is 47.6 Å². The Morgan fingerprint density at radius 2 is 1.95 bits per heavy atom. The second-order valence-electron chi connectivity index (χ2n) is 4.91. The van der Waals surface area contributed by atoms with Gasteiger partial charge in [0.2, 0.25) is 0 Å². The van der Waals surface area contributed by atoms with Gasteiger partial charge in [0.25, 0.3) is 0 Å². The molecule has 0 aliphatic carbocycles. The van der Waals surface area contributed by atoms with E-state index in [9.17, 15) is 4.21 Å². The van der Waals surface area contributed by atoms with Gasteiger partial charge in [0.05, 0.1) is 10.5 Å². The molecule has 3 rings (SSSR count). The van der Waals surface area contributed by atoms with Crippen LogP contribution in [0.1, 0.15) is 16.7 Å². The minimum absolute atomic E-state index is 0.504. The molecule has 1 unspecified atom stereocenters. The topological polar surface area (TPSA) is 58.7 Å². The fourth-order valence-corrected chi connectivity index (χ4v) is 3.34. The van der Waals surface area contributed by atoms with Gasteiger partial charge in [0.1, 0.15) is 6.07 Å². The number of pyridine rings is 1. The molecule has 2 heterocycles. The largest absolute Gasteiger partial charge is 0.246 e. The number of nitriles is 1. The van der Waals surface area contributed by atoms with Gasteiger partial charge in [0.15, 0.2) is 16.6 Å². The molecule has 0 amide bonds. The summed E-state index contributed by atoms with van der Waals surface area (Å²) < 4.78 is 14.4. The molecule has 104 valence electrons. The zero-order chi connectivity index (χ0) is 15.0. The Morgan fingerprint density at radius 1 is 1.24 bits per heavy atom. The third-order valence-corrected chi connectivity index (χ3v) is 4.65. The molecule has 0 saturated carbocycles. The van der Waals surface area contributed by atoms with Crippen LogP contribution in [0.25, 0.3) is 11.0 Å². The van der Waals surface area contributed by atoms with Gasteiger partial charge in [-0.05, 0) is 37.6 Å². The number of nitrogens with zero attached hydrogens (tertiary/aromatic N) is 3. The molecule has 4 nitrogen and oxygen atoms in total. The Labute approximate surface area is 125 Å². The Bertz CT molecular complexity index is 888. The fourth-order valence-electron chi connectivity index (χ4n) is 2.19. The van der Waals surface area contributed by atoms with Crippen molar-refractivity contribution in [2.24, 2.45) is 0 Å². The molecule has 0 aliphatic rings. The first-order valence-corrected chi connectivity index (χ1v) is 7.57. The van der Waals surface area contributed by atoms with E-state index < -0.39 is 11.0 Å². The molecule has 1 atom stereocenters. The van der Waals surface area contributed by atoms with Crippen molar-refractivity contribution in [2.75, 3.05) is 0 Å². The van der Waals surface area contributed by atoms with Crippen LogP contribution in [0.2, 0.25) is 0 Å². The molecular formula is C16H13N3OS. The van der Waals surface area contributed by atoms with E-state index >= 15 is 0 Å². The molecule has 5 heteroatoms. The van der Waals surface area contributed by atoms with E-state index in [2.05, 4.69) is 11.1 Å². The van der Waals surface area contributed by atoms with Crippen LogP contribution in [0.3, 0.4) is 0 Å². The van der Waals surface area contributed by atoms with E-state index in [1.807, 2.05) is 44.3 Å². The van der Waals surface area contributed by atoms with Gasteiger partial charge < -0.3 is 0 Å². The summed E-state index contributed by atoms with van der Waals surface area (Å²) in [5.41, 5.74) is 3.21. The molecular weight excluding hydrogens is 282 g/mol. The molecule has 1 aromatic carbocycles. The highest BCUT2D eigenvalue weighted by Crippen LogP contribution is 2.23. The summed E-state index contributed by atoms with van der Waals surface area (Å²) >= 11 is 0. The maximum atomic E-state index is 12.7. The van der Waals surface area contributed by atoms with Crippen LogP contribution in [-0.2, 0) is 11.0 Å². The van der Waals surface area contributed by atoms with Gasteiger partial charge >= 0.3 is 0 Å². The van der Waals surface area contributed by atoms with Crippen molar-refractivity contribution in [3.05, 3.63) is 59.4 Å². The van der Waals surface area contributed by atoms with E-state index in [4.69, 9.17) is 5.26 Å². The number of rotatable bonds is 2. The van der Waals surface area contributed by atoms with E-state index in [1.165, 1.54) is 6.20 Å². The monoisotopic (exact) mass is 295 g/mol. The van der Waals surface area contributed by atoms with Crippen molar-refractivity contribution in [2.45, 2.75) is 18.7 Å². The molecule has 0 N–H and O–H groups in total. The summed E-state index contributed by atoms with van der Waals surface area (Å²) in [4.78, 5) is 5.01. The smallest absolute Gasteiger partial charge is 0.158 e. The standard InChI is InChI=1S/C16H13N3OS/c1-11-3-5-14(6-4-11)21(20)19-10-12(2)15-7-13(8-17)9-18-16(15)19/h3-7,9-10H,1-2H3. The lowest BCUT2D eigenvalue weighted by Gasteiger charge is -2.05. The summed E-state index contributed by atoms with van der Waals surface area (Å²) in [5, 5.41) is 9.81. The number of hydrogen-bond acceptors (Lipinski definition) is 3. The normalized spacial score (nSPS) is 12.2. The Hall–Kier alpha value is -2.45. The summed E-state index contributed by atoms with van der Waals surface area (Å²) in [6.45, 7) is 3.92. The Morgan fingerprint density at radius 3 is 2.62 bits per heavy atom. The minimum Gasteiger partial charge on any atom is -0.246 e. The van der Waals surface area contributed by atoms with Crippen LogP contribution in [0.5, 0.6) is 0 Å². The summed E-state index contributed by atoms with van der Waals surface area (Å²) in [6, 6.07) is 11.4. The second kappa shape index (κ2) is 5.15. The zero-order valence-corrected chi connectivity index (χ0v) is 12.5. The lowest BCUT2D eigenvalue weighted by atomic mass is 10.2. The highest BCUT2D eigenvalue weighted by Gasteiger charge is 2.14. The summed E-state index contributed by atoms with van der Waals surface area (Å²) in [5.74, 6) is 0. The first kappa shape index (κ1) is 13.5. The lowest BCUT2D eigenvalue weighted by Crippen LogP contribution is -2.04. The van der Waals surface area contributed by atoms with Crippen molar-refractivity contribution in [3.8, 4) is 6.07 Å². The average Bonchev–Trinajstić information content (AvgIpc) is 2.84. The maximum Gasteiger partial charge on any atom is 0.158 e. The average molecular weight is 295 g/mol. The van der Waals surface area contributed by atoms with E-state index in [0.29, 0.717) is 11.2 Å². The van der Waals surface area contributed by atoms with Crippen molar-refractivity contribution < 1.29 is 4.21 Å². The lowest BCUT2D eigenvalue weighted by molar-refractivity contribution is 0.678. The van der Waals surface area contributed by atoms with Crippen molar-refractivity contribution in [1.82, 2.24) is 8.96 Å². The first-order chi connectivity index (χ1) is 10.1. The van der Waals surface area contributed by atoms with Crippen LogP contribution in [0, 0.1) is 25.2 Å². The second-order valence-corrected chi connectivity index (χ2v) is 6.27. The highest BCUT2D eigenvalue weighted by molar-refractivity contribution is 7.83. The maximum absolute atomic E-state index is 12.7. The predicted octanol–water partition coefficient (Wildman–Crippen LogP) is 3.10. The van der Waals surface area contributed by atoms with Crippen molar-refractivity contribution in [1.29, 1.82) is 5.26 Å². The fraction of sp³-hybridized carbons (Fsp3) is 0.125. The Balaban J connectivity index is 2.15. The number of aryl methyl sites for hydroxylation is 2. The molecule has 3 aromatic rings. The van der Waals surface area contributed by atoms with Crippen LogP contribution < -0.4 is 0 Å². The van der Waals surface area contributed by atoms with Gasteiger partial charge in [0, 0.05) is 17.8 Å². The predicted molar refractivity (Wildman–Crippen MR) is 82.2 cm³/mol. The third-order valence-electron chi connectivity index (χ3n) is 3.34. The SMILES string of the molecule is Cc1ccc(S(=O)n2cc(C)c3cc(C#N)cnc32)cc1. The van der Waals surface area contributed by atoms with Crippen molar-refractivity contribution >= 4 is 22.0 Å². The Kier molecular flexibility index (Phi) is 3.32. The molecule has 0 saturated heterocycles. The van der Waals surface area contributed by atoms with E-state index in [-0.39, 0.29) is 0 Å².